The first kappa shape index (κ1) is 11.7. The van der Waals surface area contributed by atoms with Gasteiger partial charge in [-0.25, -0.2) is 0 Å². The summed E-state index contributed by atoms with van der Waals surface area (Å²) in [7, 11) is 0. The molecular formula is C10H15NO4. The molecule has 0 heterocycles. The Morgan fingerprint density at radius 3 is 2.53 bits per heavy atom. The third kappa shape index (κ3) is 2.55. The molecule has 5 nitrogen and oxygen atoms in total. The molecule has 0 aromatic heterocycles. The van der Waals surface area contributed by atoms with Crippen LogP contribution in [-0.4, -0.2) is 17.3 Å². The predicted molar refractivity (Wildman–Crippen MR) is 53.7 cm³/mol. The first-order chi connectivity index (χ1) is 6.87. The summed E-state index contributed by atoms with van der Waals surface area (Å²) in [4.78, 5) is 21.6. The number of nitro groups is 1. The average Bonchev–Trinajstić information content (AvgIpc) is 1.99. The number of rotatable bonds is 3. The van der Waals surface area contributed by atoms with Crippen molar-refractivity contribution in [1.82, 2.24) is 0 Å². The molecule has 0 bridgehead atoms. The van der Waals surface area contributed by atoms with Crippen molar-refractivity contribution in [2.75, 3.05) is 6.61 Å². The highest BCUT2D eigenvalue weighted by Crippen LogP contribution is 2.37. The van der Waals surface area contributed by atoms with Gasteiger partial charge in [0.05, 0.1) is 11.5 Å². The molecule has 0 radical (unpaired) electrons. The molecule has 0 fully saturated rings. The van der Waals surface area contributed by atoms with E-state index in [0.29, 0.717) is 13.0 Å². The molecule has 15 heavy (non-hydrogen) atoms. The molecule has 0 amide bonds. The number of hydrogen-bond donors (Lipinski definition) is 0. The van der Waals surface area contributed by atoms with Gasteiger partial charge in [-0.1, -0.05) is 13.8 Å². The lowest BCUT2D eigenvalue weighted by molar-refractivity contribution is -0.423. The summed E-state index contributed by atoms with van der Waals surface area (Å²) >= 11 is 0. The van der Waals surface area contributed by atoms with Gasteiger partial charge in [0.1, 0.15) is 0 Å². The van der Waals surface area contributed by atoms with Crippen LogP contribution in [0.2, 0.25) is 0 Å². The first-order valence-electron chi connectivity index (χ1n) is 4.91. The molecule has 0 unspecified atom stereocenters. The number of carbonyl (C=O) groups is 1. The third-order valence-electron chi connectivity index (χ3n) is 2.31. The summed E-state index contributed by atoms with van der Waals surface area (Å²) in [5, 5.41) is 10.7. The standard InChI is InChI=1S/C10H15NO4/c1-4-15-8-6-10(2,3)5-7(12)9(8)11(13)14/h4-6H2,1-3H3. The minimum Gasteiger partial charge on any atom is -0.491 e. The number of allylic oxidation sites excluding steroid dienone is 2. The van der Waals surface area contributed by atoms with Crippen LogP contribution in [0, 0.1) is 15.5 Å². The Labute approximate surface area is 88.3 Å². The molecule has 5 heteroatoms. The molecule has 0 saturated carbocycles. The van der Waals surface area contributed by atoms with Crippen molar-refractivity contribution in [1.29, 1.82) is 0 Å². The maximum absolute atomic E-state index is 11.6. The van der Waals surface area contributed by atoms with E-state index in [0.717, 1.165) is 0 Å². The number of nitrogens with zero attached hydrogens (tertiary/aromatic N) is 1. The van der Waals surface area contributed by atoms with E-state index in [2.05, 4.69) is 0 Å². The SMILES string of the molecule is CCOC1=C([N+](=O)[O-])C(=O)CC(C)(C)C1. The summed E-state index contributed by atoms with van der Waals surface area (Å²) in [6.45, 7) is 5.90. The molecule has 0 saturated heterocycles. The van der Waals surface area contributed by atoms with Crippen molar-refractivity contribution in [2.24, 2.45) is 5.41 Å². The molecule has 0 aliphatic heterocycles. The smallest absolute Gasteiger partial charge is 0.349 e. The second-order valence-electron chi connectivity index (χ2n) is 4.40. The van der Waals surface area contributed by atoms with Crippen molar-refractivity contribution in [3.05, 3.63) is 21.6 Å². The maximum atomic E-state index is 11.6. The van der Waals surface area contributed by atoms with Crippen LogP contribution >= 0.6 is 0 Å². The third-order valence-corrected chi connectivity index (χ3v) is 2.31. The quantitative estimate of drug-likeness (QED) is 0.530. The Balaban J connectivity index is 3.11. The molecule has 0 aromatic carbocycles. The van der Waals surface area contributed by atoms with Crippen molar-refractivity contribution >= 4 is 5.78 Å². The maximum Gasteiger partial charge on any atom is 0.349 e. The van der Waals surface area contributed by atoms with E-state index in [1.54, 1.807) is 6.92 Å². The zero-order valence-electron chi connectivity index (χ0n) is 9.20. The molecule has 1 aliphatic carbocycles. The predicted octanol–water partition coefficient (Wildman–Crippen LogP) is 1.90. The summed E-state index contributed by atoms with van der Waals surface area (Å²) in [6.07, 6.45) is 0.656. The minimum absolute atomic E-state index is 0.208. The van der Waals surface area contributed by atoms with E-state index in [1.165, 1.54) is 0 Å². The van der Waals surface area contributed by atoms with Gasteiger partial charge in [0.15, 0.2) is 5.76 Å². The number of ketones is 1. The lowest BCUT2D eigenvalue weighted by atomic mass is 9.78. The van der Waals surface area contributed by atoms with Crippen LogP contribution in [-0.2, 0) is 9.53 Å². The van der Waals surface area contributed by atoms with Crippen molar-refractivity contribution in [3.8, 4) is 0 Å². The van der Waals surface area contributed by atoms with Gasteiger partial charge in [0.25, 0.3) is 0 Å². The summed E-state index contributed by atoms with van der Waals surface area (Å²) in [6, 6.07) is 0. The molecule has 0 atom stereocenters. The van der Waals surface area contributed by atoms with E-state index in [9.17, 15) is 14.9 Å². The van der Waals surface area contributed by atoms with E-state index in [4.69, 9.17) is 4.74 Å². The number of Topliss-reactive ketones (excluding diaryl/α,β-unsaturated/α-hetero) is 1. The Morgan fingerprint density at radius 2 is 2.07 bits per heavy atom. The second-order valence-corrected chi connectivity index (χ2v) is 4.40. The van der Waals surface area contributed by atoms with Gasteiger partial charge in [0, 0.05) is 12.8 Å². The lowest BCUT2D eigenvalue weighted by Gasteiger charge is -2.28. The highest BCUT2D eigenvalue weighted by atomic mass is 16.6. The van der Waals surface area contributed by atoms with Gasteiger partial charge >= 0.3 is 5.70 Å². The molecule has 0 N–H and O–H groups in total. The number of hydrogen-bond acceptors (Lipinski definition) is 4. The largest absolute Gasteiger partial charge is 0.491 e. The van der Waals surface area contributed by atoms with Crippen LogP contribution in [0.1, 0.15) is 33.6 Å². The van der Waals surface area contributed by atoms with Gasteiger partial charge in [-0.3, -0.25) is 14.9 Å². The summed E-state index contributed by atoms with van der Waals surface area (Å²) in [5.41, 5.74) is -0.614. The highest BCUT2D eigenvalue weighted by Gasteiger charge is 2.40. The van der Waals surface area contributed by atoms with Gasteiger partial charge in [0.2, 0.25) is 5.78 Å². The van der Waals surface area contributed by atoms with Crippen molar-refractivity contribution in [3.63, 3.8) is 0 Å². The molecule has 1 aliphatic rings. The average molecular weight is 213 g/mol. The Kier molecular flexibility index (Phi) is 3.12. The number of carbonyl (C=O) groups excluding carboxylic acids is 1. The van der Waals surface area contributed by atoms with Gasteiger partial charge in [-0.2, -0.15) is 0 Å². The van der Waals surface area contributed by atoms with Gasteiger partial charge in [-0.05, 0) is 12.3 Å². The fraction of sp³-hybridized carbons (Fsp3) is 0.700. The van der Waals surface area contributed by atoms with E-state index in [1.807, 2.05) is 13.8 Å². The van der Waals surface area contributed by atoms with Crippen LogP contribution in [0.4, 0.5) is 0 Å². The Morgan fingerprint density at radius 1 is 1.47 bits per heavy atom. The van der Waals surface area contributed by atoms with Crippen LogP contribution in [0.25, 0.3) is 0 Å². The number of ether oxygens (including phenoxy) is 1. The molecule has 1 rings (SSSR count). The van der Waals surface area contributed by atoms with Gasteiger partial charge < -0.3 is 4.74 Å². The van der Waals surface area contributed by atoms with Crippen molar-refractivity contribution in [2.45, 2.75) is 33.6 Å². The summed E-state index contributed by atoms with van der Waals surface area (Å²) < 4.78 is 5.18. The normalized spacial score (nSPS) is 20.3. The molecular weight excluding hydrogens is 198 g/mol. The highest BCUT2D eigenvalue weighted by molar-refractivity contribution is 5.94. The van der Waals surface area contributed by atoms with Gasteiger partial charge in [-0.15, -0.1) is 0 Å². The van der Waals surface area contributed by atoms with Crippen LogP contribution < -0.4 is 0 Å². The van der Waals surface area contributed by atoms with Crippen LogP contribution in [0.15, 0.2) is 11.5 Å². The minimum atomic E-state index is -0.636. The topological polar surface area (TPSA) is 69.4 Å². The fourth-order valence-corrected chi connectivity index (χ4v) is 1.75. The summed E-state index contributed by atoms with van der Waals surface area (Å²) in [5.74, 6) is -0.205. The monoisotopic (exact) mass is 213 g/mol. The second kappa shape index (κ2) is 4.00. The van der Waals surface area contributed by atoms with E-state index in [-0.39, 0.29) is 23.3 Å². The molecule has 84 valence electrons. The fourth-order valence-electron chi connectivity index (χ4n) is 1.75. The van der Waals surface area contributed by atoms with E-state index < -0.39 is 10.7 Å². The molecule has 0 spiro atoms. The first-order valence-corrected chi connectivity index (χ1v) is 4.91. The zero-order valence-corrected chi connectivity index (χ0v) is 9.20. The Hall–Kier alpha value is -1.39. The molecule has 0 aromatic rings. The Bertz CT molecular complexity index is 330. The van der Waals surface area contributed by atoms with Crippen molar-refractivity contribution < 1.29 is 14.5 Å². The zero-order chi connectivity index (χ0) is 11.6. The lowest BCUT2D eigenvalue weighted by Crippen LogP contribution is -2.29. The van der Waals surface area contributed by atoms with Crippen LogP contribution in [0.5, 0.6) is 0 Å². The van der Waals surface area contributed by atoms with E-state index >= 15 is 0 Å². The van der Waals surface area contributed by atoms with Crippen LogP contribution in [0.3, 0.4) is 0 Å².